The normalized spacial score (nSPS) is 16.3. The number of likely N-dealkylation sites (tertiary alicyclic amines) is 1. The van der Waals surface area contributed by atoms with Crippen molar-refractivity contribution < 1.29 is 14.1 Å². The Labute approximate surface area is 205 Å². The minimum absolute atomic E-state index is 0.0842. The summed E-state index contributed by atoms with van der Waals surface area (Å²) in [5, 5.41) is 5.12. The minimum Gasteiger partial charge on any atom is -0.482 e. The molecule has 1 aromatic heterocycles. The molecular formula is C30H28N2O3. The molecule has 3 heterocycles. The van der Waals surface area contributed by atoms with Crippen molar-refractivity contribution in [2.45, 2.75) is 38.7 Å². The maximum absolute atomic E-state index is 13.1. The van der Waals surface area contributed by atoms with Crippen LogP contribution in [-0.2, 0) is 11.2 Å². The van der Waals surface area contributed by atoms with Gasteiger partial charge in [-0.3, -0.25) is 4.79 Å². The van der Waals surface area contributed by atoms with E-state index in [0.29, 0.717) is 18.8 Å². The fourth-order valence-electron chi connectivity index (χ4n) is 5.11. The van der Waals surface area contributed by atoms with Crippen LogP contribution in [-0.4, -0.2) is 34.7 Å². The van der Waals surface area contributed by atoms with Crippen LogP contribution in [0.2, 0.25) is 0 Å². The number of aryl methyl sites for hydroxylation is 2. The molecule has 1 fully saturated rings. The molecule has 0 saturated carbocycles. The first kappa shape index (κ1) is 21.7. The Balaban J connectivity index is 1.13. The van der Waals surface area contributed by atoms with Crippen LogP contribution in [0.3, 0.4) is 0 Å². The van der Waals surface area contributed by atoms with Gasteiger partial charge in [-0.15, -0.1) is 0 Å². The molecule has 176 valence electrons. The number of piperidine rings is 1. The molecule has 0 radical (unpaired) electrons. The molecule has 35 heavy (non-hydrogen) atoms. The first-order chi connectivity index (χ1) is 17.0. The summed E-state index contributed by atoms with van der Waals surface area (Å²) >= 11 is 0. The zero-order valence-electron chi connectivity index (χ0n) is 20.1. The highest BCUT2D eigenvalue weighted by atomic mass is 16.5. The molecule has 5 nitrogen and oxygen atoms in total. The highest BCUT2D eigenvalue weighted by molar-refractivity contribution is 5.87. The number of fused-ring (bicyclic) bond motifs is 2. The van der Waals surface area contributed by atoms with E-state index in [4.69, 9.17) is 9.26 Å². The smallest absolute Gasteiger partial charge is 0.228 e. The average Bonchev–Trinajstić information content (AvgIpc) is 3.26. The third-order valence-electron chi connectivity index (χ3n) is 7.44. The standard InChI is InChI=1S/C30H28N2O3/c1-20-16-25-26(31-35-28(25)17-21(20)2)19-29(33)32-14-12-30(13-15-32)11-10-24-18-23(8-9-27(24)34-30)22-6-4-3-5-7-22/h3-11,16-18H,12-15,19H2,1-2H3. The molecule has 0 atom stereocenters. The van der Waals surface area contributed by atoms with E-state index in [1.807, 2.05) is 24.0 Å². The van der Waals surface area contributed by atoms with E-state index in [1.54, 1.807) is 0 Å². The maximum atomic E-state index is 13.1. The largest absolute Gasteiger partial charge is 0.482 e. The van der Waals surface area contributed by atoms with Gasteiger partial charge in [-0.05, 0) is 66.4 Å². The summed E-state index contributed by atoms with van der Waals surface area (Å²) in [6, 6.07) is 20.8. The van der Waals surface area contributed by atoms with Crippen molar-refractivity contribution in [1.29, 1.82) is 0 Å². The predicted octanol–water partition coefficient (Wildman–Crippen LogP) is 6.12. The van der Waals surface area contributed by atoms with Crippen molar-refractivity contribution in [2.75, 3.05) is 13.1 Å². The van der Waals surface area contributed by atoms with Crippen molar-refractivity contribution in [3.63, 3.8) is 0 Å². The number of carbonyl (C=O) groups is 1. The number of carbonyl (C=O) groups excluding carboxylic acids is 1. The molecule has 0 bridgehead atoms. The van der Waals surface area contributed by atoms with Gasteiger partial charge in [-0.25, -0.2) is 0 Å². The lowest BCUT2D eigenvalue weighted by Gasteiger charge is -2.42. The number of aromatic nitrogens is 1. The van der Waals surface area contributed by atoms with E-state index in [0.717, 1.165) is 40.7 Å². The molecule has 1 saturated heterocycles. The average molecular weight is 465 g/mol. The van der Waals surface area contributed by atoms with Gasteiger partial charge in [0, 0.05) is 36.9 Å². The lowest BCUT2D eigenvalue weighted by Crippen LogP contribution is -2.49. The number of amides is 1. The molecule has 6 rings (SSSR count). The molecule has 1 amide bonds. The Morgan fingerprint density at radius 1 is 0.971 bits per heavy atom. The molecule has 0 N–H and O–H groups in total. The molecule has 2 aliphatic heterocycles. The van der Waals surface area contributed by atoms with Gasteiger partial charge in [0.15, 0.2) is 5.58 Å². The summed E-state index contributed by atoms with van der Waals surface area (Å²) in [6.45, 7) is 5.44. The lowest BCUT2D eigenvalue weighted by molar-refractivity contribution is -0.133. The van der Waals surface area contributed by atoms with E-state index in [9.17, 15) is 4.79 Å². The van der Waals surface area contributed by atoms with Gasteiger partial charge in [-0.2, -0.15) is 0 Å². The summed E-state index contributed by atoms with van der Waals surface area (Å²) in [7, 11) is 0. The fourth-order valence-corrected chi connectivity index (χ4v) is 5.11. The van der Waals surface area contributed by atoms with Gasteiger partial charge in [0.25, 0.3) is 0 Å². The Bertz CT molecular complexity index is 1440. The number of nitrogens with zero attached hydrogens (tertiary/aromatic N) is 2. The number of ether oxygens (including phenoxy) is 1. The number of benzene rings is 3. The van der Waals surface area contributed by atoms with Crippen molar-refractivity contribution in [2.24, 2.45) is 0 Å². The SMILES string of the molecule is Cc1cc2onc(CC(=O)N3CCC4(C=Cc5cc(-c6ccccc6)ccc5O4)CC3)c2cc1C. The van der Waals surface area contributed by atoms with Gasteiger partial charge in [0.2, 0.25) is 5.91 Å². The summed E-state index contributed by atoms with van der Waals surface area (Å²) in [4.78, 5) is 15.0. The van der Waals surface area contributed by atoms with Gasteiger partial charge in [-0.1, -0.05) is 47.6 Å². The molecular weight excluding hydrogens is 436 g/mol. The summed E-state index contributed by atoms with van der Waals surface area (Å²) in [5.41, 5.74) is 6.90. The van der Waals surface area contributed by atoms with Crippen molar-refractivity contribution in [3.8, 4) is 16.9 Å². The second-order valence-electron chi connectivity index (χ2n) is 9.74. The topological polar surface area (TPSA) is 55.6 Å². The van der Waals surface area contributed by atoms with Gasteiger partial charge in [0.1, 0.15) is 17.0 Å². The van der Waals surface area contributed by atoms with Crippen molar-refractivity contribution in [3.05, 3.63) is 89.1 Å². The third kappa shape index (κ3) is 4.01. The van der Waals surface area contributed by atoms with Gasteiger partial charge in [0.05, 0.1) is 6.42 Å². The summed E-state index contributed by atoms with van der Waals surface area (Å²) in [5.74, 6) is 0.993. The van der Waals surface area contributed by atoms with Crippen LogP contribution in [0.15, 0.2) is 71.3 Å². The lowest BCUT2D eigenvalue weighted by atomic mass is 9.87. The molecule has 0 unspecified atom stereocenters. The van der Waals surface area contributed by atoms with E-state index >= 15 is 0 Å². The molecule has 4 aromatic rings. The fraction of sp³-hybridized carbons (Fsp3) is 0.267. The Morgan fingerprint density at radius 3 is 2.54 bits per heavy atom. The van der Waals surface area contributed by atoms with E-state index < -0.39 is 0 Å². The van der Waals surface area contributed by atoms with Crippen LogP contribution in [0.25, 0.3) is 28.2 Å². The summed E-state index contributed by atoms with van der Waals surface area (Å²) < 4.78 is 12.0. The Kier molecular flexibility index (Phi) is 5.21. The van der Waals surface area contributed by atoms with Crippen LogP contribution in [0.1, 0.15) is 35.2 Å². The summed E-state index contributed by atoms with van der Waals surface area (Å²) in [6.07, 6.45) is 6.15. The highest BCUT2D eigenvalue weighted by Gasteiger charge is 2.38. The monoisotopic (exact) mass is 464 g/mol. The van der Waals surface area contributed by atoms with Crippen LogP contribution in [0, 0.1) is 13.8 Å². The molecule has 0 aliphatic carbocycles. The van der Waals surface area contributed by atoms with Crippen molar-refractivity contribution >= 4 is 23.0 Å². The zero-order valence-corrected chi connectivity index (χ0v) is 20.1. The van der Waals surface area contributed by atoms with E-state index in [-0.39, 0.29) is 17.9 Å². The second kappa shape index (κ2) is 8.42. The first-order valence-electron chi connectivity index (χ1n) is 12.2. The minimum atomic E-state index is -0.354. The zero-order chi connectivity index (χ0) is 24.0. The van der Waals surface area contributed by atoms with Crippen LogP contribution < -0.4 is 4.74 Å². The Hall–Kier alpha value is -3.86. The number of hydrogen-bond donors (Lipinski definition) is 0. The molecule has 1 spiro atoms. The quantitative estimate of drug-likeness (QED) is 0.366. The second-order valence-corrected chi connectivity index (χ2v) is 9.74. The van der Waals surface area contributed by atoms with Gasteiger partial charge < -0.3 is 14.2 Å². The predicted molar refractivity (Wildman–Crippen MR) is 137 cm³/mol. The van der Waals surface area contributed by atoms with E-state index in [2.05, 4.69) is 72.8 Å². The number of hydrogen-bond acceptors (Lipinski definition) is 4. The number of rotatable bonds is 3. The molecule has 5 heteroatoms. The van der Waals surface area contributed by atoms with Crippen LogP contribution in [0.4, 0.5) is 0 Å². The van der Waals surface area contributed by atoms with Crippen LogP contribution in [0.5, 0.6) is 5.75 Å². The van der Waals surface area contributed by atoms with Crippen LogP contribution >= 0.6 is 0 Å². The van der Waals surface area contributed by atoms with Gasteiger partial charge >= 0.3 is 0 Å². The highest BCUT2D eigenvalue weighted by Crippen LogP contribution is 2.39. The maximum Gasteiger partial charge on any atom is 0.228 e. The molecule has 2 aliphatic rings. The van der Waals surface area contributed by atoms with Crippen molar-refractivity contribution in [1.82, 2.24) is 10.1 Å². The Morgan fingerprint density at radius 2 is 1.74 bits per heavy atom. The third-order valence-corrected chi connectivity index (χ3v) is 7.44. The first-order valence-corrected chi connectivity index (χ1v) is 12.2. The van der Waals surface area contributed by atoms with E-state index in [1.165, 1.54) is 16.7 Å². The molecule has 3 aromatic carbocycles.